The van der Waals surface area contributed by atoms with Crippen LogP contribution in [0.25, 0.3) is 0 Å². The van der Waals surface area contributed by atoms with Crippen molar-refractivity contribution in [1.82, 2.24) is 4.90 Å². The van der Waals surface area contributed by atoms with E-state index in [0.29, 0.717) is 0 Å². The lowest BCUT2D eigenvalue weighted by Crippen LogP contribution is -2.26. The molecule has 1 heterocycles. The molecular weight excluding hydrogens is 220 g/mol. The molecule has 0 saturated carbocycles. The van der Waals surface area contributed by atoms with Crippen molar-refractivity contribution in [2.24, 2.45) is 5.92 Å². The number of hydrogen-bond acceptors (Lipinski definition) is 5. The van der Waals surface area contributed by atoms with Crippen LogP contribution in [0.4, 0.5) is 0 Å². The number of aliphatic hydroxyl groups excluding tert-OH is 1. The van der Waals surface area contributed by atoms with Crippen molar-refractivity contribution in [1.29, 1.82) is 15.8 Å². The quantitative estimate of drug-likeness (QED) is 0.688. The third kappa shape index (κ3) is 2.60. The molecule has 1 atom stereocenters. The summed E-state index contributed by atoms with van der Waals surface area (Å²) in [6.45, 7) is 0.121. The molecule has 0 aromatic rings. The molecule has 1 fully saturated rings. The molecule has 6 heteroatoms. The van der Waals surface area contributed by atoms with Gasteiger partial charge < -0.3 is 10.0 Å². The van der Waals surface area contributed by atoms with Crippen LogP contribution in [0.2, 0.25) is 0 Å². The number of likely N-dealkylation sites (tertiary alicyclic amines) is 1. The molecule has 17 heavy (non-hydrogen) atoms. The summed E-state index contributed by atoms with van der Waals surface area (Å²) in [6.07, 6.45) is 0.00983. The third-order valence-corrected chi connectivity index (χ3v) is 2.55. The Morgan fingerprint density at radius 2 is 2.06 bits per heavy atom. The molecule has 0 bridgehead atoms. The molecule has 1 amide bonds. The van der Waals surface area contributed by atoms with E-state index in [1.807, 2.05) is 6.07 Å². The van der Waals surface area contributed by atoms with Crippen LogP contribution in [0, 0.1) is 39.9 Å². The van der Waals surface area contributed by atoms with Gasteiger partial charge in [0.2, 0.25) is 5.91 Å². The summed E-state index contributed by atoms with van der Waals surface area (Å²) in [5.74, 6) is -0.466. The van der Waals surface area contributed by atoms with E-state index in [9.17, 15) is 4.79 Å². The van der Waals surface area contributed by atoms with Gasteiger partial charge in [0.05, 0.1) is 18.2 Å². The maximum Gasteiger partial charge on any atom is 0.227 e. The number of nitrogens with zero attached hydrogens (tertiary/aromatic N) is 4. The molecule has 86 valence electrons. The smallest absolute Gasteiger partial charge is 0.227 e. The highest BCUT2D eigenvalue weighted by atomic mass is 16.3. The topological polar surface area (TPSA) is 112 Å². The van der Waals surface area contributed by atoms with Crippen molar-refractivity contribution in [3.05, 3.63) is 11.3 Å². The van der Waals surface area contributed by atoms with Gasteiger partial charge in [-0.2, -0.15) is 15.8 Å². The zero-order valence-corrected chi connectivity index (χ0v) is 9.05. The van der Waals surface area contributed by atoms with Gasteiger partial charge in [0.25, 0.3) is 0 Å². The maximum absolute atomic E-state index is 11.6. The van der Waals surface area contributed by atoms with Crippen LogP contribution >= 0.6 is 0 Å². The number of carbonyl (C=O) groups excluding carboxylic acids is 1. The molecule has 1 rings (SSSR count). The third-order valence-electron chi connectivity index (χ3n) is 2.55. The Morgan fingerprint density at radius 1 is 1.41 bits per heavy atom. The lowest BCUT2D eigenvalue weighted by molar-refractivity contribution is -0.126. The largest absolute Gasteiger partial charge is 0.396 e. The minimum Gasteiger partial charge on any atom is -0.396 e. The molecule has 1 unspecified atom stereocenters. The normalized spacial score (nSPS) is 18.1. The number of aliphatic hydroxyl groups is 1. The van der Waals surface area contributed by atoms with Crippen LogP contribution < -0.4 is 0 Å². The summed E-state index contributed by atoms with van der Waals surface area (Å²) in [5, 5.41) is 35.2. The summed E-state index contributed by atoms with van der Waals surface area (Å²) in [4.78, 5) is 12.9. The number of allylic oxidation sites excluding steroid dienone is 2. The molecular formula is C11H10N4O2. The zero-order valence-electron chi connectivity index (χ0n) is 9.05. The Morgan fingerprint density at radius 3 is 2.47 bits per heavy atom. The molecule has 6 nitrogen and oxygen atoms in total. The number of amides is 1. The van der Waals surface area contributed by atoms with E-state index in [1.165, 1.54) is 4.90 Å². The first-order valence-electron chi connectivity index (χ1n) is 4.99. The molecule has 0 spiro atoms. The second-order valence-corrected chi connectivity index (χ2v) is 3.64. The van der Waals surface area contributed by atoms with Crippen LogP contribution in [-0.4, -0.2) is 29.1 Å². The van der Waals surface area contributed by atoms with Gasteiger partial charge in [-0.25, -0.2) is 0 Å². The minimum atomic E-state index is -0.266. The van der Waals surface area contributed by atoms with Crippen LogP contribution in [0.5, 0.6) is 0 Å². The van der Waals surface area contributed by atoms with Gasteiger partial charge in [0.15, 0.2) is 0 Å². The van der Waals surface area contributed by atoms with Crippen LogP contribution in [0.15, 0.2) is 11.3 Å². The fourth-order valence-corrected chi connectivity index (χ4v) is 1.71. The van der Waals surface area contributed by atoms with E-state index in [4.69, 9.17) is 20.9 Å². The van der Waals surface area contributed by atoms with Gasteiger partial charge in [0, 0.05) is 25.5 Å². The second-order valence-electron chi connectivity index (χ2n) is 3.64. The Labute approximate surface area is 98.6 Å². The molecule has 1 saturated heterocycles. The average Bonchev–Trinajstić information content (AvgIpc) is 2.71. The summed E-state index contributed by atoms with van der Waals surface area (Å²) < 4.78 is 0. The van der Waals surface area contributed by atoms with Crippen molar-refractivity contribution in [3.8, 4) is 18.2 Å². The van der Waals surface area contributed by atoms with Gasteiger partial charge in [0.1, 0.15) is 17.7 Å². The Bertz CT molecular complexity index is 459. The number of rotatable bonds is 3. The fraction of sp³-hybridized carbons (Fsp3) is 0.455. The summed E-state index contributed by atoms with van der Waals surface area (Å²) in [7, 11) is 0. The monoisotopic (exact) mass is 230 g/mol. The van der Waals surface area contributed by atoms with E-state index in [-0.39, 0.29) is 49.1 Å². The minimum absolute atomic E-state index is 0.128. The SMILES string of the molecule is N#CCC(=C(C#N)C#N)N1CC(CO)CC1=O. The summed E-state index contributed by atoms with van der Waals surface area (Å²) >= 11 is 0. The maximum atomic E-state index is 11.6. The molecule has 0 aliphatic carbocycles. The Hall–Kier alpha value is -2.36. The zero-order chi connectivity index (χ0) is 12.8. The van der Waals surface area contributed by atoms with Crippen LogP contribution in [0.1, 0.15) is 12.8 Å². The van der Waals surface area contributed by atoms with Gasteiger partial charge in [-0.15, -0.1) is 0 Å². The lowest BCUT2D eigenvalue weighted by Gasteiger charge is -2.18. The number of hydrogen-bond donors (Lipinski definition) is 1. The van der Waals surface area contributed by atoms with Crippen molar-refractivity contribution in [3.63, 3.8) is 0 Å². The van der Waals surface area contributed by atoms with E-state index < -0.39 is 0 Å². The highest BCUT2D eigenvalue weighted by Crippen LogP contribution is 2.25. The van der Waals surface area contributed by atoms with E-state index in [0.717, 1.165) is 0 Å². The Balaban J connectivity index is 3.08. The number of nitriles is 3. The van der Waals surface area contributed by atoms with Gasteiger partial charge in [-0.3, -0.25) is 4.79 Å². The molecule has 0 aromatic heterocycles. The van der Waals surface area contributed by atoms with Crippen LogP contribution in [0.3, 0.4) is 0 Å². The van der Waals surface area contributed by atoms with Crippen molar-refractivity contribution >= 4 is 5.91 Å². The Kier molecular flexibility index (Phi) is 4.22. The first-order valence-corrected chi connectivity index (χ1v) is 4.99. The summed E-state index contributed by atoms with van der Waals surface area (Å²) in [6, 6.07) is 5.19. The van der Waals surface area contributed by atoms with Gasteiger partial charge >= 0.3 is 0 Å². The first-order chi connectivity index (χ1) is 8.17. The van der Waals surface area contributed by atoms with Crippen molar-refractivity contribution in [2.75, 3.05) is 13.2 Å². The predicted molar refractivity (Wildman–Crippen MR) is 55.4 cm³/mol. The van der Waals surface area contributed by atoms with Gasteiger partial charge in [-0.05, 0) is 0 Å². The van der Waals surface area contributed by atoms with Crippen LogP contribution in [-0.2, 0) is 4.79 Å². The van der Waals surface area contributed by atoms with Crippen molar-refractivity contribution < 1.29 is 9.90 Å². The highest BCUT2D eigenvalue weighted by molar-refractivity contribution is 5.81. The average molecular weight is 230 g/mol. The van der Waals surface area contributed by atoms with E-state index >= 15 is 0 Å². The molecule has 0 radical (unpaired) electrons. The first kappa shape index (κ1) is 12.7. The van der Waals surface area contributed by atoms with Crippen molar-refractivity contribution in [2.45, 2.75) is 12.8 Å². The highest BCUT2D eigenvalue weighted by Gasteiger charge is 2.32. The van der Waals surface area contributed by atoms with Gasteiger partial charge in [-0.1, -0.05) is 0 Å². The molecule has 1 aliphatic rings. The van der Waals surface area contributed by atoms with E-state index in [1.54, 1.807) is 12.1 Å². The number of carbonyl (C=O) groups is 1. The lowest BCUT2D eigenvalue weighted by atomic mass is 10.1. The predicted octanol–water partition coefficient (Wildman–Crippen LogP) is 0.0421. The fourth-order valence-electron chi connectivity index (χ4n) is 1.71. The second kappa shape index (κ2) is 5.65. The van der Waals surface area contributed by atoms with E-state index in [2.05, 4.69) is 0 Å². The molecule has 1 N–H and O–H groups in total. The standard InChI is InChI=1S/C11H10N4O2/c12-2-1-10(9(4-13)5-14)15-6-8(7-16)3-11(15)17/h8,16H,1,3,6-7H2. The summed E-state index contributed by atoms with van der Waals surface area (Å²) in [5.41, 5.74) is -0.0862. The molecule has 1 aliphatic heterocycles. The molecule has 0 aromatic carbocycles.